The van der Waals surface area contributed by atoms with E-state index in [2.05, 4.69) is 48.9 Å². The predicted octanol–water partition coefficient (Wildman–Crippen LogP) is 6.83. The number of carbonyl (C=O) groups is 2. The molecule has 0 radical (unpaired) electrons. The number of halogens is 3. The van der Waals surface area contributed by atoms with Crippen LogP contribution in [0.3, 0.4) is 0 Å². The Morgan fingerprint density at radius 1 is 0.952 bits per heavy atom. The van der Waals surface area contributed by atoms with E-state index in [-0.39, 0.29) is 17.7 Å². The first-order valence-corrected chi connectivity index (χ1v) is 17.3. The van der Waals surface area contributed by atoms with Crippen LogP contribution in [0.1, 0.15) is 79.7 Å². The van der Waals surface area contributed by atoms with Gasteiger partial charge in [0.05, 0.1) is 11.8 Å². The number of carbonyl (C=O) groups excluding carboxylic acids is 2. The summed E-state index contributed by atoms with van der Waals surface area (Å²) in [5.41, 5.74) is 5.78. The normalized spacial score (nSPS) is 23.6. The van der Waals surface area contributed by atoms with Gasteiger partial charge in [0.2, 0.25) is 11.8 Å². The summed E-state index contributed by atoms with van der Waals surface area (Å²) in [6.07, 6.45) is 11.5. The Bertz CT molecular complexity index is 1380. The quantitative estimate of drug-likeness (QED) is 0.376. The number of benzene rings is 1. The van der Waals surface area contributed by atoms with Gasteiger partial charge in [-0.15, -0.1) is 0 Å². The van der Waals surface area contributed by atoms with Crippen LogP contribution >= 0.6 is 43.5 Å². The summed E-state index contributed by atoms with van der Waals surface area (Å²) in [6.45, 7) is 2.91. The molecule has 224 valence electrons. The van der Waals surface area contributed by atoms with E-state index in [4.69, 9.17) is 16.6 Å². The molecule has 3 heterocycles. The molecule has 0 unspecified atom stereocenters. The SMILES string of the molecule is O=C(CC1CCN(C(=O)C2=CCC[C@H](O)C2)CC1)N1CCC([C@H]2c3ncc(Br)cc3CCc3cc(Cl)cc(Br)c32)CC1. The van der Waals surface area contributed by atoms with Crippen molar-refractivity contribution in [1.82, 2.24) is 14.8 Å². The summed E-state index contributed by atoms with van der Waals surface area (Å²) < 4.78 is 2.05. The number of pyridine rings is 1. The highest BCUT2D eigenvalue weighted by Gasteiger charge is 2.37. The van der Waals surface area contributed by atoms with Crippen molar-refractivity contribution in [3.05, 3.63) is 72.4 Å². The molecular weight excluding hydrogens is 682 g/mol. The average Bonchev–Trinajstić information content (AvgIpc) is 3.14. The van der Waals surface area contributed by atoms with Crippen molar-refractivity contribution in [3.63, 3.8) is 0 Å². The fraction of sp³-hybridized carbons (Fsp3) is 0.545. The van der Waals surface area contributed by atoms with E-state index in [1.807, 2.05) is 23.2 Å². The second-order valence-electron chi connectivity index (χ2n) is 12.5. The number of hydrogen-bond donors (Lipinski definition) is 1. The Labute approximate surface area is 270 Å². The van der Waals surface area contributed by atoms with Gasteiger partial charge in [0.1, 0.15) is 0 Å². The minimum absolute atomic E-state index is 0.0676. The first-order valence-electron chi connectivity index (χ1n) is 15.3. The van der Waals surface area contributed by atoms with Gasteiger partial charge in [-0.1, -0.05) is 33.6 Å². The molecule has 0 bridgehead atoms. The van der Waals surface area contributed by atoms with Crippen LogP contribution < -0.4 is 0 Å². The molecule has 42 heavy (non-hydrogen) atoms. The second-order valence-corrected chi connectivity index (χ2v) is 14.7. The Balaban J connectivity index is 1.08. The van der Waals surface area contributed by atoms with E-state index >= 15 is 0 Å². The lowest BCUT2D eigenvalue weighted by Gasteiger charge is -2.38. The van der Waals surface area contributed by atoms with E-state index in [0.717, 1.165) is 89.7 Å². The third kappa shape index (κ3) is 6.52. The van der Waals surface area contributed by atoms with Gasteiger partial charge in [0.25, 0.3) is 0 Å². The van der Waals surface area contributed by atoms with Crippen molar-refractivity contribution < 1.29 is 14.7 Å². The van der Waals surface area contributed by atoms with Gasteiger partial charge in [0, 0.05) is 70.7 Å². The molecule has 2 aliphatic heterocycles. The summed E-state index contributed by atoms with van der Waals surface area (Å²) in [7, 11) is 0. The van der Waals surface area contributed by atoms with Crippen LogP contribution in [-0.2, 0) is 22.4 Å². The molecule has 0 spiro atoms. The molecule has 2 aromatic rings. The Kier molecular flexibility index (Phi) is 9.44. The zero-order valence-corrected chi connectivity index (χ0v) is 27.8. The van der Waals surface area contributed by atoms with Crippen LogP contribution in [0.5, 0.6) is 0 Å². The van der Waals surface area contributed by atoms with Crippen molar-refractivity contribution in [2.75, 3.05) is 26.2 Å². The second kappa shape index (κ2) is 13.1. The lowest BCUT2D eigenvalue weighted by atomic mass is 9.76. The molecule has 2 fully saturated rings. The van der Waals surface area contributed by atoms with Gasteiger partial charge in [-0.2, -0.15) is 0 Å². The number of fused-ring (bicyclic) bond motifs is 2. The van der Waals surface area contributed by atoms with Crippen molar-refractivity contribution in [3.8, 4) is 0 Å². The number of aliphatic hydroxyl groups is 1. The van der Waals surface area contributed by atoms with Crippen molar-refractivity contribution in [2.24, 2.45) is 11.8 Å². The fourth-order valence-corrected chi connectivity index (χ4v) is 8.99. The lowest BCUT2D eigenvalue weighted by Crippen LogP contribution is -2.43. The minimum atomic E-state index is -0.404. The van der Waals surface area contributed by atoms with Crippen molar-refractivity contribution >= 4 is 55.3 Å². The molecule has 2 saturated heterocycles. The first-order chi connectivity index (χ1) is 20.3. The number of hydrogen-bond acceptors (Lipinski definition) is 4. The molecule has 1 aromatic carbocycles. The highest BCUT2D eigenvalue weighted by Crippen LogP contribution is 2.46. The molecule has 6 nitrogen and oxygen atoms in total. The fourth-order valence-electron chi connectivity index (χ4n) is 7.50. The summed E-state index contributed by atoms with van der Waals surface area (Å²) >= 11 is 13.9. The summed E-state index contributed by atoms with van der Waals surface area (Å²) in [6, 6.07) is 6.33. The van der Waals surface area contributed by atoms with Crippen LogP contribution in [0.4, 0.5) is 0 Å². The topological polar surface area (TPSA) is 73.7 Å². The molecule has 4 aliphatic rings. The van der Waals surface area contributed by atoms with Crippen LogP contribution in [0.15, 0.2) is 45.0 Å². The van der Waals surface area contributed by atoms with Crippen LogP contribution in [-0.4, -0.2) is 64.0 Å². The maximum atomic E-state index is 13.4. The van der Waals surface area contributed by atoms with Gasteiger partial charge in [-0.25, -0.2) is 0 Å². The predicted molar refractivity (Wildman–Crippen MR) is 172 cm³/mol. The lowest BCUT2D eigenvalue weighted by molar-refractivity contribution is -0.134. The van der Waals surface area contributed by atoms with Crippen LogP contribution in [0, 0.1) is 11.8 Å². The maximum absolute atomic E-state index is 13.4. The van der Waals surface area contributed by atoms with E-state index in [1.54, 1.807) is 0 Å². The van der Waals surface area contributed by atoms with Gasteiger partial charge < -0.3 is 14.9 Å². The molecular formula is C33H38Br2ClN3O3. The number of piperidine rings is 2. The van der Waals surface area contributed by atoms with Crippen LogP contribution in [0.25, 0.3) is 0 Å². The Morgan fingerprint density at radius 3 is 2.40 bits per heavy atom. The van der Waals surface area contributed by atoms with E-state index in [0.29, 0.717) is 37.8 Å². The zero-order valence-electron chi connectivity index (χ0n) is 23.8. The highest BCUT2D eigenvalue weighted by atomic mass is 79.9. The summed E-state index contributed by atoms with van der Waals surface area (Å²) in [4.78, 5) is 35.3. The molecule has 1 N–H and O–H groups in total. The molecule has 2 amide bonds. The largest absolute Gasteiger partial charge is 0.393 e. The zero-order chi connectivity index (χ0) is 29.4. The standard InChI is InChI=1S/C33H38Br2ClN3O3/c34-25-15-23-5-4-22-16-26(36)18-28(35)30(22)31(32(23)37-19-25)21-8-12-38(13-9-21)29(41)14-20-6-10-39(11-7-20)33(42)24-2-1-3-27(40)17-24/h2,15-16,18-21,27,31,40H,1,3-14,17H2/t27-,31+/m0/s1. The highest BCUT2D eigenvalue weighted by molar-refractivity contribution is 9.10. The number of aliphatic hydroxyl groups excluding tert-OH is 1. The minimum Gasteiger partial charge on any atom is -0.393 e. The number of rotatable bonds is 4. The van der Waals surface area contributed by atoms with Gasteiger partial charge in [-0.05, 0) is 114 Å². The summed E-state index contributed by atoms with van der Waals surface area (Å²) in [5, 5.41) is 10.7. The average molecular weight is 720 g/mol. The third-order valence-electron chi connectivity index (χ3n) is 9.77. The number of likely N-dealkylation sites (tertiary alicyclic amines) is 2. The number of nitrogens with zero attached hydrogens (tertiary/aromatic N) is 3. The smallest absolute Gasteiger partial charge is 0.249 e. The van der Waals surface area contributed by atoms with Crippen molar-refractivity contribution in [2.45, 2.75) is 76.2 Å². The van der Waals surface area contributed by atoms with E-state index in [9.17, 15) is 14.7 Å². The molecule has 2 atom stereocenters. The van der Waals surface area contributed by atoms with Gasteiger partial charge >= 0.3 is 0 Å². The number of amides is 2. The monoisotopic (exact) mass is 717 g/mol. The number of allylic oxidation sites excluding steroid dienone is 1. The molecule has 1 aromatic heterocycles. The summed E-state index contributed by atoms with van der Waals surface area (Å²) in [5.74, 6) is 1.18. The molecule has 0 saturated carbocycles. The first kappa shape index (κ1) is 30.3. The van der Waals surface area contributed by atoms with Crippen LogP contribution in [0.2, 0.25) is 5.02 Å². The Hall–Kier alpha value is -1.74. The molecule has 9 heteroatoms. The molecule has 6 rings (SSSR count). The van der Waals surface area contributed by atoms with E-state index < -0.39 is 6.10 Å². The van der Waals surface area contributed by atoms with Gasteiger partial charge in [-0.3, -0.25) is 14.6 Å². The maximum Gasteiger partial charge on any atom is 0.249 e. The van der Waals surface area contributed by atoms with Crippen molar-refractivity contribution in [1.29, 1.82) is 0 Å². The number of aromatic nitrogens is 1. The third-order valence-corrected chi connectivity index (χ3v) is 11.1. The number of aryl methyl sites for hydroxylation is 2. The van der Waals surface area contributed by atoms with E-state index in [1.165, 1.54) is 16.7 Å². The molecule has 2 aliphatic carbocycles. The Morgan fingerprint density at radius 2 is 1.67 bits per heavy atom. The van der Waals surface area contributed by atoms with Gasteiger partial charge in [0.15, 0.2) is 0 Å².